The van der Waals surface area contributed by atoms with E-state index < -0.39 is 0 Å². The molecule has 3 heteroatoms. The van der Waals surface area contributed by atoms with Crippen LogP contribution in [0.4, 0.5) is 0 Å². The summed E-state index contributed by atoms with van der Waals surface area (Å²) < 4.78 is 1.80. The highest BCUT2D eigenvalue weighted by molar-refractivity contribution is 6.07. The SMILES string of the molecule is CC(=O)/C=C/n1cc(C(C)=O)c2ccccc21. The quantitative estimate of drug-likeness (QED) is 0.597. The number of para-hydroxylation sites is 1. The van der Waals surface area contributed by atoms with Gasteiger partial charge in [-0.3, -0.25) is 9.59 Å². The Hall–Kier alpha value is -2.16. The molecule has 0 saturated heterocycles. The second-order valence-electron chi connectivity index (χ2n) is 3.95. The van der Waals surface area contributed by atoms with Gasteiger partial charge in [-0.1, -0.05) is 18.2 Å². The number of aromatic nitrogens is 1. The summed E-state index contributed by atoms with van der Waals surface area (Å²) in [5.41, 5.74) is 1.60. The standard InChI is InChI=1S/C14H13NO2/c1-10(16)7-8-15-9-13(11(2)17)12-5-3-4-6-14(12)15/h3-9H,1-2H3/b8-7+. The van der Waals surface area contributed by atoms with Gasteiger partial charge < -0.3 is 4.57 Å². The van der Waals surface area contributed by atoms with Crippen LogP contribution in [0.15, 0.2) is 36.5 Å². The average molecular weight is 227 g/mol. The molecule has 86 valence electrons. The van der Waals surface area contributed by atoms with Gasteiger partial charge in [-0.15, -0.1) is 0 Å². The van der Waals surface area contributed by atoms with Crippen molar-refractivity contribution in [3.8, 4) is 0 Å². The van der Waals surface area contributed by atoms with Gasteiger partial charge in [-0.25, -0.2) is 0 Å². The molecule has 0 aliphatic rings. The van der Waals surface area contributed by atoms with Gasteiger partial charge in [-0.05, 0) is 26.0 Å². The first-order valence-electron chi connectivity index (χ1n) is 5.39. The van der Waals surface area contributed by atoms with Gasteiger partial charge in [0.05, 0.1) is 5.52 Å². The fourth-order valence-electron chi connectivity index (χ4n) is 1.79. The minimum atomic E-state index is -0.0212. The van der Waals surface area contributed by atoms with Gasteiger partial charge in [0.25, 0.3) is 0 Å². The molecule has 1 heterocycles. The number of ketones is 2. The Kier molecular flexibility index (Phi) is 2.91. The van der Waals surface area contributed by atoms with E-state index in [0.717, 1.165) is 10.9 Å². The molecule has 0 aliphatic heterocycles. The van der Waals surface area contributed by atoms with Crippen LogP contribution in [0.3, 0.4) is 0 Å². The molecule has 0 atom stereocenters. The van der Waals surface area contributed by atoms with Crippen LogP contribution >= 0.6 is 0 Å². The number of hydrogen-bond acceptors (Lipinski definition) is 2. The Morgan fingerprint density at radius 2 is 1.88 bits per heavy atom. The summed E-state index contributed by atoms with van der Waals surface area (Å²) in [4.78, 5) is 22.4. The highest BCUT2D eigenvalue weighted by atomic mass is 16.1. The molecule has 0 bridgehead atoms. The first-order valence-corrected chi connectivity index (χ1v) is 5.39. The smallest absolute Gasteiger partial charge is 0.161 e. The third-order valence-electron chi connectivity index (χ3n) is 2.59. The molecule has 1 aromatic carbocycles. The normalized spacial score (nSPS) is 11.2. The van der Waals surface area contributed by atoms with Crippen molar-refractivity contribution >= 4 is 28.7 Å². The van der Waals surface area contributed by atoms with Crippen LogP contribution < -0.4 is 0 Å². The van der Waals surface area contributed by atoms with Crippen molar-refractivity contribution in [2.75, 3.05) is 0 Å². The first-order chi connectivity index (χ1) is 8.09. The summed E-state index contributed by atoms with van der Waals surface area (Å²) in [7, 11) is 0. The molecular formula is C14H13NO2. The number of rotatable bonds is 3. The van der Waals surface area contributed by atoms with Gasteiger partial charge in [0, 0.05) is 23.3 Å². The number of benzene rings is 1. The van der Waals surface area contributed by atoms with Crippen molar-refractivity contribution in [2.45, 2.75) is 13.8 Å². The molecule has 0 unspecified atom stereocenters. The lowest BCUT2D eigenvalue weighted by atomic mass is 10.1. The zero-order valence-corrected chi connectivity index (χ0v) is 9.81. The van der Waals surface area contributed by atoms with Crippen LogP contribution in [0.1, 0.15) is 24.2 Å². The topological polar surface area (TPSA) is 39.1 Å². The summed E-state index contributed by atoms with van der Waals surface area (Å²) in [6.45, 7) is 3.04. The summed E-state index contributed by atoms with van der Waals surface area (Å²) >= 11 is 0. The maximum absolute atomic E-state index is 11.5. The number of carbonyl (C=O) groups excluding carboxylic acids is 2. The Morgan fingerprint density at radius 3 is 2.53 bits per heavy atom. The zero-order chi connectivity index (χ0) is 12.4. The second-order valence-corrected chi connectivity index (χ2v) is 3.95. The van der Waals surface area contributed by atoms with Crippen molar-refractivity contribution in [3.05, 3.63) is 42.1 Å². The lowest BCUT2D eigenvalue weighted by Gasteiger charge is -1.95. The zero-order valence-electron chi connectivity index (χ0n) is 9.81. The molecule has 0 aliphatic carbocycles. The summed E-state index contributed by atoms with van der Waals surface area (Å²) in [6.07, 6.45) is 4.92. The van der Waals surface area contributed by atoms with Gasteiger partial charge >= 0.3 is 0 Å². The van der Waals surface area contributed by atoms with E-state index in [2.05, 4.69) is 0 Å². The van der Waals surface area contributed by atoms with Crippen LogP contribution in [0.25, 0.3) is 17.1 Å². The number of allylic oxidation sites excluding steroid dienone is 1. The molecule has 0 fully saturated rings. The van der Waals surface area contributed by atoms with Crippen molar-refractivity contribution in [3.63, 3.8) is 0 Å². The van der Waals surface area contributed by atoms with Gasteiger partial charge in [-0.2, -0.15) is 0 Å². The number of hydrogen-bond donors (Lipinski definition) is 0. The number of nitrogens with zero attached hydrogens (tertiary/aromatic N) is 1. The molecule has 0 N–H and O–H groups in total. The number of carbonyl (C=O) groups is 2. The third-order valence-corrected chi connectivity index (χ3v) is 2.59. The fraction of sp³-hybridized carbons (Fsp3) is 0.143. The van der Waals surface area contributed by atoms with E-state index in [9.17, 15) is 9.59 Å². The maximum atomic E-state index is 11.5. The Balaban J connectivity index is 2.64. The highest BCUT2D eigenvalue weighted by Crippen LogP contribution is 2.21. The lowest BCUT2D eigenvalue weighted by molar-refractivity contribution is -0.112. The Bertz CT molecular complexity index is 620. The first kappa shape index (κ1) is 11.3. The van der Waals surface area contributed by atoms with Gasteiger partial charge in [0.15, 0.2) is 11.6 Å². The van der Waals surface area contributed by atoms with Crippen molar-refractivity contribution in [1.29, 1.82) is 0 Å². The highest BCUT2D eigenvalue weighted by Gasteiger charge is 2.09. The fourth-order valence-corrected chi connectivity index (χ4v) is 1.79. The molecule has 1 aromatic heterocycles. The monoisotopic (exact) mass is 227 g/mol. The summed E-state index contributed by atoms with van der Waals surface area (Å²) in [6, 6.07) is 7.63. The van der Waals surface area contributed by atoms with Crippen LogP contribution in [-0.2, 0) is 4.79 Å². The largest absolute Gasteiger partial charge is 0.322 e. The Labute approximate surface area is 99.4 Å². The summed E-state index contributed by atoms with van der Waals surface area (Å²) in [5, 5.41) is 0.910. The van der Waals surface area contributed by atoms with Gasteiger partial charge in [0.2, 0.25) is 0 Å². The van der Waals surface area contributed by atoms with Crippen LogP contribution in [0, 0.1) is 0 Å². The minimum absolute atomic E-state index is 0.0212. The molecule has 2 rings (SSSR count). The molecule has 0 saturated carbocycles. The molecule has 0 radical (unpaired) electrons. The van der Waals surface area contributed by atoms with E-state index in [1.807, 2.05) is 24.3 Å². The van der Waals surface area contributed by atoms with E-state index in [1.54, 1.807) is 23.9 Å². The molecular weight excluding hydrogens is 214 g/mol. The van der Waals surface area contributed by atoms with Crippen molar-refractivity contribution < 1.29 is 9.59 Å². The van der Waals surface area contributed by atoms with Crippen molar-refractivity contribution in [2.24, 2.45) is 0 Å². The molecule has 3 nitrogen and oxygen atoms in total. The molecule has 0 amide bonds. The number of Topliss-reactive ketones (excluding diaryl/α,β-unsaturated/α-hetero) is 1. The predicted octanol–water partition coefficient (Wildman–Crippen LogP) is 2.90. The predicted molar refractivity (Wildman–Crippen MR) is 68.0 cm³/mol. The average Bonchev–Trinajstić information content (AvgIpc) is 2.65. The van der Waals surface area contributed by atoms with E-state index in [0.29, 0.717) is 5.56 Å². The van der Waals surface area contributed by atoms with E-state index in [-0.39, 0.29) is 11.6 Å². The second kappa shape index (κ2) is 4.37. The van der Waals surface area contributed by atoms with Crippen LogP contribution in [-0.4, -0.2) is 16.1 Å². The molecule has 17 heavy (non-hydrogen) atoms. The van der Waals surface area contributed by atoms with Crippen LogP contribution in [0.2, 0.25) is 0 Å². The van der Waals surface area contributed by atoms with E-state index in [1.165, 1.54) is 13.0 Å². The number of fused-ring (bicyclic) bond motifs is 1. The summed E-state index contributed by atoms with van der Waals surface area (Å²) in [5.74, 6) is 0.00308. The molecule has 2 aromatic rings. The maximum Gasteiger partial charge on any atom is 0.161 e. The van der Waals surface area contributed by atoms with E-state index in [4.69, 9.17) is 0 Å². The van der Waals surface area contributed by atoms with E-state index >= 15 is 0 Å². The van der Waals surface area contributed by atoms with Gasteiger partial charge in [0.1, 0.15) is 0 Å². The lowest BCUT2D eigenvalue weighted by Crippen LogP contribution is -1.89. The van der Waals surface area contributed by atoms with Crippen molar-refractivity contribution in [1.82, 2.24) is 4.57 Å². The third kappa shape index (κ3) is 2.18. The minimum Gasteiger partial charge on any atom is -0.322 e. The van der Waals surface area contributed by atoms with Crippen LogP contribution in [0.5, 0.6) is 0 Å². The molecule has 0 spiro atoms. The Morgan fingerprint density at radius 1 is 1.18 bits per heavy atom.